The van der Waals surface area contributed by atoms with Crippen molar-refractivity contribution in [3.8, 4) is 5.75 Å². The molecular weight excluding hydrogens is 414 g/mol. The topological polar surface area (TPSA) is 88.1 Å². The number of ether oxygens (including phenoxy) is 1. The molecule has 0 saturated carbocycles. The molecule has 0 radical (unpaired) electrons. The van der Waals surface area contributed by atoms with Crippen molar-refractivity contribution in [2.24, 2.45) is 11.0 Å². The maximum absolute atomic E-state index is 12.8. The first kappa shape index (κ1) is 22.7. The number of rotatable bonds is 8. The zero-order valence-electron chi connectivity index (χ0n) is 17.5. The summed E-state index contributed by atoms with van der Waals surface area (Å²) in [4.78, 5) is 12.7. The van der Waals surface area contributed by atoms with Crippen molar-refractivity contribution in [1.82, 2.24) is 9.73 Å². The molecular formula is C23H27N3O4S. The summed E-state index contributed by atoms with van der Waals surface area (Å²) in [5, 5.41) is 4.02. The second-order valence-corrected chi connectivity index (χ2v) is 9.33. The molecule has 1 amide bonds. The van der Waals surface area contributed by atoms with Gasteiger partial charge in [0.1, 0.15) is 12.4 Å². The van der Waals surface area contributed by atoms with Gasteiger partial charge >= 0.3 is 0 Å². The van der Waals surface area contributed by atoms with Crippen molar-refractivity contribution >= 4 is 22.1 Å². The molecule has 8 heteroatoms. The van der Waals surface area contributed by atoms with Gasteiger partial charge in [-0.15, -0.1) is 0 Å². The summed E-state index contributed by atoms with van der Waals surface area (Å²) in [5.41, 5.74) is 4.39. The molecule has 164 valence electrons. The number of benzene rings is 2. The van der Waals surface area contributed by atoms with Gasteiger partial charge in [0, 0.05) is 19.0 Å². The van der Waals surface area contributed by atoms with Crippen LogP contribution < -0.4 is 10.2 Å². The number of nitrogens with one attached hydrogen (secondary N) is 1. The molecule has 0 aromatic heterocycles. The molecule has 1 fully saturated rings. The standard InChI is InChI=1S/C23H27N3O4S/c1-3-16-30-21-8-6-19(7-9-21)17-24-25-23(27)20-12-14-26(15-13-20)31(28,29)22-10-4-18(2)5-11-22/h3-11,17,20H,1,12-16H2,2H3,(H,25,27)/b24-17-. The molecule has 0 unspecified atom stereocenters. The van der Waals surface area contributed by atoms with Gasteiger partial charge in [0.05, 0.1) is 11.1 Å². The quantitative estimate of drug-likeness (QED) is 0.387. The normalized spacial score (nSPS) is 15.6. The molecule has 1 saturated heterocycles. The third-order valence-corrected chi connectivity index (χ3v) is 7.03. The minimum Gasteiger partial charge on any atom is -0.490 e. The van der Waals surface area contributed by atoms with Crippen molar-refractivity contribution in [2.75, 3.05) is 19.7 Å². The summed E-state index contributed by atoms with van der Waals surface area (Å²) in [7, 11) is -3.53. The molecule has 0 bridgehead atoms. The second-order valence-electron chi connectivity index (χ2n) is 7.39. The van der Waals surface area contributed by atoms with Crippen LogP contribution in [0.25, 0.3) is 0 Å². The van der Waals surface area contributed by atoms with Gasteiger partial charge in [-0.05, 0) is 61.7 Å². The number of hydrazone groups is 1. The lowest BCUT2D eigenvalue weighted by Gasteiger charge is -2.30. The predicted molar refractivity (Wildman–Crippen MR) is 121 cm³/mol. The smallest absolute Gasteiger partial charge is 0.243 e. The van der Waals surface area contributed by atoms with Gasteiger partial charge < -0.3 is 4.74 Å². The Morgan fingerprint density at radius 1 is 1.16 bits per heavy atom. The maximum Gasteiger partial charge on any atom is 0.243 e. The van der Waals surface area contributed by atoms with E-state index in [4.69, 9.17) is 4.74 Å². The lowest BCUT2D eigenvalue weighted by molar-refractivity contribution is -0.126. The van der Waals surface area contributed by atoms with Crippen LogP contribution in [-0.4, -0.2) is 44.5 Å². The minimum atomic E-state index is -3.53. The van der Waals surface area contributed by atoms with Crippen LogP contribution in [0.15, 0.2) is 71.2 Å². The monoisotopic (exact) mass is 441 g/mol. The van der Waals surface area contributed by atoms with Crippen molar-refractivity contribution in [3.63, 3.8) is 0 Å². The van der Waals surface area contributed by atoms with Gasteiger partial charge in [0.2, 0.25) is 15.9 Å². The Morgan fingerprint density at radius 3 is 2.42 bits per heavy atom. The first-order valence-corrected chi connectivity index (χ1v) is 11.6. The fourth-order valence-corrected chi connectivity index (χ4v) is 4.75. The minimum absolute atomic E-state index is 0.199. The summed E-state index contributed by atoms with van der Waals surface area (Å²) in [5.74, 6) is 0.263. The Labute approximate surface area is 183 Å². The van der Waals surface area contributed by atoms with Crippen molar-refractivity contribution in [2.45, 2.75) is 24.7 Å². The van der Waals surface area contributed by atoms with Gasteiger partial charge in [-0.25, -0.2) is 13.8 Å². The molecule has 1 aliphatic heterocycles. The molecule has 1 aliphatic rings. The Hall–Kier alpha value is -2.97. The largest absolute Gasteiger partial charge is 0.490 e. The molecule has 2 aromatic rings. The average molecular weight is 442 g/mol. The molecule has 1 N–H and O–H groups in total. The molecule has 31 heavy (non-hydrogen) atoms. The van der Waals surface area contributed by atoms with Crippen LogP contribution in [0.2, 0.25) is 0 Å². The lowest BCUT2D eigenvalue weighted by Crippen LogP contribution is -2.42. The van der Waals surface area contributed by atoms with E-state index in [-0.39, 0.29) is 16.7 Å². The number of carbonyl (C=O) groups is 1. The summed E-state index contributed by atoms with van der Waals surface area (Å²) in [6.45, 7) is 6.57. The van der Waals surface area contributed by atoms with E-state index in [2.05, 4.69) is 17.1 Å². The summed E-state index contributed by atoms with van der Waals surface area (Å²) in [6.07, 6.45) is 4.16. The zero-order valence-corrected chi connectivity index (χ0v) is 18.3. The van der Waals surface area contributed by atoms with Crippen molar-refractivity contribution in [3.05, 3.63) is 72.3 Å². The van der Waals surface area contributed by atoms with Crippen molar-refractivity contribution in [1.29, 1.82) is 0 Å². The van der Waals surface area contributed by atoms with Crippen LogP contribution in [0, 0.1) is 12.8 Å². The number of nitrogens with zero attached hydrogens (tertiary/aromatic N) is 2. The van der Waals surface area contributed by atoms with Gasteiger partial charge in [0.25, 0.3) is 0 Å². The van der Waals surface area contributed by atoms with Crippen molar-refractivity contribution < 1.29 is 17.9 Å². The van der Waals surface area contributed by atoms with Crippen LogP contribution in [0.3, 0.4) is 0 Å². The number of piperidine rings is 1. The second kappa shape index (κ2) is 10.4. The van der Waals surface area contributed by atoms with Gasteiger partial charge in [0.15, 0.2) is 0 Å². The Morgan fingerprint density at radius 2 is 1.81 bits per heavy atom. The summed E-state index contributed by atoms with van der Waals surface area (Å²) < 4.78 is 32.4. The zero-order chi connectivity index (χ0) is 22.3. The van der Waals surface area contributed by atoms with E-state index in [1.165, 1.54) is 4.31 Å². The van der Waals surface area contributed by atoms with Crippen LogP contribution >= 0.6 is 0 Å². The fraction of sp³-hybridized carbons (Fsp3) is 0.304. The van der Waals surface area contributed by atoms with E-state index in [0.29, 0.717) is 32.5 Å². The van der Waals surface area contributed by atoms with E-state index in [1.54, 1.807) is 36.6 Å². The van der Waals surface area contributed by atoms with E-state index in [1.807, 2.05) is 31.2 Å². The highest BCUT2D eigenvalue weighted by Crippen LogP contribution is 2.24. The third kappa shape index (κ3) is 6.02. The molecule has 2 aromatic carbocycles. The summed E-state index contributed by atoms with van der Waals surface area (Å²) in [6, 6.07) is 14.1. The molecule has 3 rings (SSSR count). The van der Waals surface area contributed by atoms with E-state index in [9.17, 15) is 13.2 Å². The average Bonchev–Trinajstić information content (AvgIpc) is 2.79. The summed E-state index contributed by atoms with van der Waals surface area (Å²) >= 11 is 0. The van der Waals surface area contributed by atoms with Crippen LogP contribution in [0.5, 0.6) is 5.75 Å². The van der Waals surface area contributed by atoms with Crippen LogP contribution in [0.4, 0.5) is 0 Å². The van der Waals surface area contributed by atoms with E-state index < -0.39 is 10.0 Å². The maximum atomic E-state index is 12.8. The Bertz CT molecular complexity index is 1020. The molecule has 1 heterocycles. The number of amides is 1. The molecule has 0 atom stereocenters. The van der Waals surface area contributed by atoms with Crippen LogP contribution in [0.1, 0.15) is 24.0 Å². The first-order valence-electron chi connectivity index (χ1n) is 10.1. The Balaban J connectivity index is 1.49. The lowest BCUT2D eigenvalue weighted by atomic mass is 9.98. The molecule has 7 nitrogen and oxygen atoms in total. The first-order chi connectivity index (χ1) is 14.9. The number of hydrogen-bond donors (Lipinski definition) is 1. The van der Waals surface area contributed by atoms with Crippen LogP contribution in [-0.2, 0) is 14.8 Å². The van der Waals surface area contributed by atoms with E-state index >= 15 is 0 Å². The molecule has 0 spiro atoms. The fourth-order valence-electron chi connectivity index (χ4n) is 3.28. The van der Waals surface area contributed by atoms with Gasteiger partial charge in [-0.3, -0.25) is 4.79 Å². The SMILES string of the molecule is C=CCOc1ccc(/C=N\NC(=O)C2CCN(S(=O)(=O)c3ccc(C)cc3)CC2)cc1. The number of hydrogen-bond acceptors (Lipinski definition) is 5. The Kier molecular flexibility index (Phi) is 7.59. The third-order valence-electron chi connectivity index (χ3n) is 5.12. The highest BCUT2D eigenvalue weighted by molar-refractivity contribution is 7.89. The van der Waals surface area contributed by atoms with Gasteiger partial charge in [-0.2, -0.15) is 9.41 Å². The van der Waals surface area contributed by atoms with Gasteiger partial charge in [-0.1, -0.05) is 30.4 Å². The highest BCUT2D eigenvalue weighted by Gasteiger charge is 2.31. The number of carbonyl (C=O) groups excluding carboxylic acids is 1. The number of aryl methyl sites for hydroxylation is 1. The highest BCUT2D eigenvalue weighted by atomic mass is 32.2. The number of sulfonamides is 1. The molecule has 0 aliphatic carbocycles. The predicted octanol–water partition coefficient (Wildman–Crippen LogP) is 3.11. The van der Waals surface area contributed by atoms with E-state index in [0.717, 1.165) is 16.9 Å².